The Balaban J connectivity index is 1.76. The molecule has 0 unspecified atom stereocenters. The quantitative estimate of drug-likeness (QED) is 0.831. The fraction of sp³-hybridized carbons (Fsp3) is 0.444. The molecule has 0 bridgehead atoms. The zero-order valence-corrected chi connectivity index (χ0v) is 14.2. The highest BCUT2D eigenvalue weighted by Gasteiger charge is 2.30. The van der Waals surface area contributed by atoms with Gasteiger partial charge in [0.1, 0.15) is 12.7 Å². The van der Waals surface area contributed by atoms with Crippen molar-refractivity contribution in [1.29, 1.82) is 0 Å². The van der Waals surface area contributed by atoms with E-state index in [0.29, 0.717) is 18.4 Å². The average molecular weight is 342 g/mol. The molecule has 1 saturated carbocycles. The number of carboxylic acid groups (broad SMARTS) is 1. The van der Waals surface area contributed by atoms with E-state index in [1.165, 1.54) is 6.33 Å². The fourth-order valence-corrected chi connectivity index (χ4v) is 3.41. The van der Waals surface area contributed by atoms with E-state index < -0.39 is 11.9 Å². The lowest BCUT2D eigenvalue weighted by Crippen LogP contribution is -2.42. The monoisotopic (exact) mass is 342 g/mol. The second-order valence-corrected chi connectivity index (χ2v) is 6.50. The second-order valence-electron chi connectivity index (χ2n) is 6.50. The number of nitrogens with zero attached hydrogens (tertiary/aromatic N) is 3. The lowest BCUT2D eigenvalue weighted by molar-refractivity contribution is -0.142. The van der Waals surface area contributed by atoms with Crippen molar-refractivity contribution in [3.8, 4) is 5.69 Å². The number of aryl methyl sites for hydroxylation is 1. The van der Waals surface area contributed by atoms with Crippen LogP contribution in [0, 0.1) is 12.8 Å². The molecule has 132 valence electrons. The molecule has 7 nitrogen and oxygen atoms in total. The highest BCUT2D eigenvalue weighted by atomic mass is 16.4. The zero-order chi connectivity index (χ0) is 17.8. The van der Waals surface area contributed by atoms with Gasteiger partial charge >= 0.3 is 5.97 Å². The third kappa shape index (κ3) is 3.87. The number of hydrogen-bond acceptors (Lipinski definition) is 4. The summed E-state index contributed by atoms with van der Waals surface area (Å²) in [5.41, 5.74) is 2.27. The standard InChI is InChI=1S/C18H22N4O3/c1-12-9-13(7-8-16(12)22-11-19-10-20-22)17(23)21-15-6-4-2-3-5-14(15)18(24)25/h7-11,14-15H,2-6H2,1H3,(H,21,23)(H,24,25)/t14-,15+/m1/s1. The fourth-order valence-electron chi connectivity index (χ4n) is 3.41. The molecule has 1 aliphatic rings. The van der Waals surface area contributed by atoms with E-state index in [9.17, 15) is 14.7 Å². The highest BCUT2D eigenvalue weighted by molar-refractivity contribution is 5.95. The SMILES string of the molecule is Cc1cc(C(=O)N[C@H]2CCCCC[C@H]2C(=O)O)ccc1-n1cncn1. The summed E-state index contributed by atoms with van der Waals surface area (Å²) >= 11 is 0. The Kier molecular flexibility index (Phi) is 5.11. The summed E-state index contributed by atoms with van der Waals surface area (Å²) in [6.07, 6.45) is 7.24. The van der Waals surface area contributed by atoms with Crippen LogP contribution in [0.4, 0.5) is 0 Å². The first kappa shape index (κ1) is 17.1. The van der Waals surface area contributed by atoms with Gasteiger partial charge in [0.2, 0.25) is 0 Å². The largest absolute Gasteiger partial charge is 0.481 e. The van der Waals surface area contributed by atoms with Crippen LogP contribution in [-0.4, -0.2) is 37.8 Å². The Morgan fingerprint density at radius 2 is 2.04 bits per heavy atom. The van der Waals surface area contributed by atoms with Crippen LogP contribution in [0.3, 0.4) is 0 Å². The van der Waals surface area contributed by atoms with Crippen LogP contribution in [0.1, 0.15) is 48.0 Å². The van der Waals surface area contributed by atoms with Crippen LogP contribution >= 0.6 is 0 Å². The van der Waals surface area contributed by atoms with Gasteiger partial charge < -0.3 is 10.4 Å². The van der Waals surface area contributed by atoms with Gasteiger partial charge in [0.15, 0.2) is 0 Å². The number of benzene rings is 1. The first-order valence-corrected chi connectivity index (χ1v) is 8.55. The molecule has 1 fully saturated rings. The molecule has 0 aliphatic heterocycles. The minimum atomic E-state index is -0.829. The van der Waals surface area contributed by atoms with Gasteiger partial charge in [-0.2, -0.15) is 5.10 Å². The Morgan fingerprint density at radius 1 is 1.24 bits per heavy atom. The predicted octanol–water partition coefficient (Wildman–Crippen LogP) is 2.34. The maximum absolute atomic E-state index is 12.6. The minimum Gasteiger partial charge on any atom is -0.481 e. The summed E-state index contributed by atoms with van der Waals surface area (Å²) in [7, 11) is 0. The van der Waals surface area contributed by atoms with Crippen molar-refractivity contribution < 1.29 is 14.7 Å². The zero-order valence-electron chi connectivity index (χ0n) is 14.2. The Bertz CT molecular complexity index is 758. The van der Waals surface area contributed by atoms with Crippen molar-refractivity contribution in [2.75, 3.05) is 0 Å². The molecule has 2 atom stereocenters. The molecule has 2 aromatic rings. The van der Waals surface area contributed by atoms with Crippen LogP contribution in [-0.2, 0) is 4.79 Å². The number of hydrogen-bond donors (Lipinski definition) is 2. The molecule has 1 aromatic carbocycles. The number of aliphatic carboxylic acids is 1. The molecule has 1 aliphatic carbocycles. The predicted molar refractivity (Wildman–Crippen MR) is 91.6 cm³/mol. The first-order valence-electron chi connectivity index (χ1n) is 8.55. The number of aromatic nitrogens is 3. The number of rotatable bonds is 4. The van der Waals surface area contributed by atoms with Gasteiger partial charge in [0, 0.05) is 11.6 Å². The third-order valence-corrected chi connectivity index (χ3v) is 4.77. The lowest BCUT2D eigenvalue weighted by Gasteiger charge is -2.23. The van der Waals surface area contributed by atoms with Crippen molar-refractivity contribution in [2.45, 2.75) is 45.1 Å². The normalized spacial score (nSPS) is 20.7. The smallest absolute Gasteiger partial charge is 0.308 e. The van der Waals surface area contributed by atoms with E-state index in [4.69, 9.17) is 0 Å². The number of carboxylic acids is 1. The van der Waals surface area contributed by atoms with Gasteiger partial charge in [-0.3, -0.25) is 9.59 Å². The van der Waals surface area contributed by atoms with Crippen LogP contribution in [0.2, 0.25) is 0 Å². The molecule has 1 amide bonds. The van der Waals surface area contributed by atoms with Crippen molar-refractivity contribution in [2.24, 2.45) is 5.92 Å². The summed E-state index contributed by atoms with van der Waals surface area (Å²) in [4.78, 5) is 28.0. The Labute approximate surface area is 146 Å². The molecule has 7 heteroatoms. The van der Waals surface area contributed by atoms with Gasteiger partial charge in [0.25, 0.3) is 5.91 Å². The Hall–Kier alpha value is -2.70. The Morgan fingerprint density at radius 3 is 2.72 bits per heavy atom. The summed E-state index contributed by atoms with van der Waals surface area (Å²) in [5, 5.41) is 16.5. The molecule has 1 aromatic heterocycles. The number of carbonyl (C=O) groups excluding carboxylic acids is 1. The molecular weight excluding hydrogens is 320 g/mol. The molecule has 1 heterocycles. The van der Waals surface area contributed by atoms with E-state index in [2.05, 4.69) is 15.4 Å². The molecule has 0 radical (unpaired) electrons. The van der Waals surface area contributed by atoms with Crippen molar-refractivity contribution >= 4 is 11.9 Å². The molecule has 0 spiro atoms. The number of amides is 1. The van der Waals surface area contributed by atoms with E-state index in [1.807, 2.05) is 13.0 Å². The molecule has 25 heavy (non-hydrogen) atoms. The van der Waals surface area contributed by atoms with Gasteiger partial charge in [-0.05, 0) is 43.5 Å². The molecule has 3 rings (SSSR count). The van der Waals surface area contributed by atoms with Crippen LogP contribution in [0.15, 0.2) is 30.9 Å². The van der Waals surface area contributed by atoms with Gasteiger partial charge in [-0.15, -0.1) is 0 Å². The molecule has 0 saturated heterocycles. The van der Waals surface area contributed by atoms with Gasteiger partial charge in [0.05, 0.1) is 11.6 Å². The van der Waals surface area contributed by atoms with Crippen molar-refractivity contribution in [3.63, 3.8) is 0 Å². The summed E-state index contributed by atoms with van der Waals surface area (Å²) in [5.74, 6) is -1.57. The second kappa shape index (κ2) is 7.46. The maximum atomic E-state index is 12.6. The maximum Gasteiger partial charge on any atom is 0.308 e. The number of nitrogens with one attached hydrogen (secondary N) is 1. The van der Waals surface area contributed by atoms with Crippen molar-refractivity contribution in [1.82, 2.24) is 20.1 Å². The summed E-state index contributed by atoms with van der Waals surface area (Å²) in [6.45, 7) is 1.90. The summed E-state index contributed by atoms with van der Waals surface area (Å²) in [6, 6.07) is 5.02. The average Bonchev–Trinajstić information content (AvgIpc) is 3.01. The molecule has 2 N–H and O–H groups in total. The topological polar surface area (TPSA) is 97.1 Å². The highest BCUT2D eigenvalue weighted by Crippen LogP contribution is 2.24. The van der Waals surface area contributed by atoms with Crippen LogP contribution < -0.4 is 5.32 Å². The van der Waals surface area contributed by atoms with Crippen molar-refractivity contribution in [3.05, 3.63) is 42.0 Å². The summed E-state index contributed by atoms with van der Waals surface area (Å²) < 4.78 is 1.64. The van der Waals surface area contributed by atoms with E-state index >= 15 is 0 Å². The van der Waals surface area contributed by atoms with E-state index in [1.54, 1.807) is 23.1 Å². The van der Waals surface area contributed by atoms with Crippen LogP contribution in [0.5, 0.6) is 0 Å². The third-order valence-electron chi connectivity index (χ3n) is 4.77. The minimum absolute atomic E-state index is 0.230. The lowest BCUT2D eigenvalue weighted by atomic mass is 9.94. The molecular formula is C18H22N4O3. The first-order chi connectivity index (χ1) is 12.1. The van der Waals surface area contributed by atoms with E-state index in [0.717, 1.165) is 30.5 Å². The van der Waals surface area contributed by atoms with Gasteiger partial charge in [-0.25, -0.2) is 9.67 Å². The van der Waals surface area contributed by atoms with E-state index in [-0.39, 0.29) is 11.9 Å². The van der Waals surface area contributed by atoms with Crippen LogP contribution in [0.25, 0.3) is 5.69 Å². The van der Waals surface area contributed by atoms with Gasteiger partial charge in [-0.1, -0.05) is 19.3 Å². The number of carbonyl (C=O) groups is 2.